The third kappa shape index (κ3) is 6.74. The van der Waals surface area contributed by atoms with Crippen LogP contribution in [0.15, 0.2) is 18.3 Å². The fourth-order valence-electron chi connectivity index (χ4n) is 2.10. The highest BCUT2D eigenvalue weighted by Crippen LogP contribution is 2.20. The van der Waals surface area contributed by atoms with Crippen LogP contribution in [0, 0.1) is 5.82 Å². The highest BCUT2D eigenvalue weighted by Gasteiger charge is 2.36. The summed E-state index contributed by atoms with van der Waals surface area (Å²) in [6.07, 6.45) is 1.88. The maximum atomic E-state index is 12.3. The molecule has 2 amide bonds. The molecule has 25 heavy (non-hydrogen) atoms. The molecule has 0 saturated carbocycles. The molecule has 1 aromatic rings. The second kappa shape index (κ2) is 8.41. The summed E-state index contributed by atoms with van der Waals surface area (Å²) < 4.78 is 17.4. The van der Waals surface area contributed by atoms with E-state index in [1.54, 1.807) is 20.8 Å². The molecule has 2 rings (SSSR count). The number of aliphatic carboxylic acids is 1. The molecule has 138 valence electrons. The van der Waals surface area contributed by atoms with Gasteiger partial charge in [0.2, 0.25) is 0 Å². The predicted octanol–water partition coefficient (Wildman–Crippen LogP) is 1.79. The number of aromatic nitrogens is 1. The highest BCUT2D eigenvalue weighted by molar-refractivity contribution is 5.90. The van der Waals surface area contributed by atoms with E-state index in [1.165, 1.54) is 11.1 Å². The minimum atomic E-state index is -0.960. The number of nitrogens with two attached hydrogens (primary N) is 1. The number of nitrogens with zero attached hydrogens (tertiary/aromatic N) is 2. The second-order valence-corrected chi connectivity index (χ2v) is 6.39. The van der Waals surface area contributed by atoms with Gasteiger partial charge in [-0.05, 0) is 39.7 Å². The van der Waals surface area contributed by atoms with Crippen molar-refractivity contribution in [1.82, 2.24) is 9.88 Å². The first-order valence-electron chi connectivity index (χ1n) is 7.65. The van der Waals surface area contributed by atoms with Crippen LogP contribution in [0.4, 0.5) is 9.18 Å². The Hall–Kier alpha value is -2.71. The molecular weight excluding hydrogens is 333 g/mol. The Morgan fingerprint density at radius 2 is 2.04 bits per heavy atom. The average molecular weight is 355 g/mol. The van der Waals surface area contributed by atoms with Crippen LogP contribution < -0.4 is 5.73 Å². The van der Waals surface area contributed by atoms with Crippen molar-refractivity contribution < 1.29 is 28.6 Å². The third-order valence-electron chi connectivity index (χ3n) is 3.14. The zero-order valence-corrected chi connectivity index (χ0v) is 14.4. The number of halogens is 1. The Morgan fingerprint density at radius 1 is 1.40 bits per heavy atom. The van der Waals surface area contributed by atoms with Gasteiger partial charge in [-0.1, -0.05) is 0 Å². The molecule has 1 aliphatic rings. The average Bonchev–Trinajstić information content (AvgIpc) is 2.96. The van der Waals surface area contributed by atoms with Crippen LogP contribution in [0.5, 0.6) is 0 Å². The summed E-state index contributed by atoms with van der Waals surface area (Å²) in [6, 6.07) is 1.41. The summed E-state index contributed by atoms with van der Waals surface area (Å²) in [5, 5.41) is 8.88. The lowest BCUT2D eigenvalue weighted by molar-refractivity contribution is -0.142. The lowest BCUT2D eigenvalue weighted by Crippen LogP contribution is -2.43. The molecule has 1 aliphatic heterocycles. The van der Waals surface area contributed by atoms with Gasteiger partial charge in [0.25, 0.3) is 5.91 Å². The molecule has 1 atom stereocenters. The van der Waals surface area contributed by atoms with Crippen LogP contribution in [-0.4, -0.2) is 51.1 Å². The first-order valence-corrected chi connectivity index (χ1v) is 7.65. The zero-order valence-electron chi connectivity index (χ0n) is 14.4. The summed E-state index contributed by atoms with van der Waals surface area (Å²) in [6.45, 7) is 5.75. The smallest absolute Gasteiger partial charge is 0.411 e. The van der Waals surface area contributed by atoms with E-state index in [2.05, 4.69) is 4.98 Å². The Kier molecular flexibility index (Phi) is 6.84. The Balaban J connectivity index is 0.000000271. The number of hydrogen-bond donors (Lipinski definition) is 2. The number of ether oxygens (including phenoxy) is 1. The van der Waals surface area contributed by atoms with Crippen molar-refractivity contribution in [1.29, 1.82) is 0 Å². The van der Waals surface area contributed by atoms with Crippen molar-refractivity contribution in [2.45, 2.75) is 45.3 Å². The van der Waals surface area contributed by atoms with Crippen LogP contribution in [0.2, 0.25) is 0 Å². The Labute approximate surface area is 144 Å². The second-order valence-electron chi connectivity index (χ2n) is 6.39. The molecular formula is C16H22FN3O5. The Bertz CT molecular complexity index is 645. The van der Waals surface area contributed by atoms with Crippen LogP contribution in [-0.2, 0) is 9.53 Å². The number of rotatable bonds is 2. The Morgan fingerprint density at radius 3 is 2.48 bits per heavy atom. The van der Waals surface area contributed by atoms with E-state index < -0.39 is 35.4 Å². The number of pyridine rings is 1. The lowest BCUT2D eigenvalue weighted by atomic mass is 10.2. The number of carboxylic acids is 1. The molecule has 9 heteroatoms. The SMILES string of the molecule is CC(C)(C)OC(=O)N1CCC[C@H]1C(=O)O.NC(=O)c1cc(F)ccn1. The summed E-state index contributed by atoms with van der Waals surface area (Å²) in [4.78, 5) is 37.6. The number of carbonyl (C=O) groups excluding carboxylic acids is 2. The summed E-state index contributed by atoms with van der Waals surface area (Å²) in [7, 11) is 0. The molecule has 0 bridgehead atoms. The third-order valence-corrected chi connectivity index (χ3v) is 3.14. The summed E-state index contributed by atoms with van der Waals surface area (Å²) >= 11 is 0. The molecule has 1 saturated heterocycles. The standard InChI is InChI=1S/C10H17NO4.C6H5FN2O/c1-10(2,3)15-9(14)11-6-4-5-7(11)8(12)13;7-4-1-2-9-5(3-4)6(8)10/h7H,4-6H2,1-3H3,(H,12,13);1-3H,(H2,8,10)/t7-;/m0./s1. The van der Waals surface area contributed by atoms with Gasteiger partial charge < -0.3 is 15.6 Å². The fourth-order valence-corrected chi connectivity index (χ4v) is 2.10. The first kappa shape index (κ1) is 20.3. The number of amides is 2. The zero-order chi connectivity index (χ0) is 19.2. The van der Waals surface area contributed by atoms with E-state index in [0.717, 1.165) is 18.6 Å². The molecule has 0 aliphatic carbocycles. The highest BCUT2D eigenvalue weighted by atomic mass is 19.1. The maximum absolute atomic E-state index is 12.3. The van der Waals surface area contributed by atoms with Gasteiger partial charge in [-0.3, -0.25) is 14.7 Å². The maximum Gasteiger partial charge on any atom is 0.411 e. The van der Waals surface area contributed by atoms with Gasteiger partial charge in [0, 0.05) is 18.8 Å². The van der Waals surface area contributed by atoms with Gasteiger partial charge >= 0.3 is 12.1 Å². The van der Waals surface area contributed by atoms with Crippen molar-refractivity contribution in [2.75, 3.05) is 6.54 Å². The number of carbonyl (C=O) groups is 3. The molecule has 8 nitrogen and oxygen atoms in total. The van der Waals surface area contributed by atoms with Crippen LogP contribution >= 0.6 is 0 Å². The number of likely N-dealkylation sites (tertiary alicyclic amines) is 1. The van der Waals surface area contributed by atoms with Gasteiger partial charge in [0.1, 0.15) is 23.2 Å². The molecule has 1 aromatic heterocycles. The van der Waals surface area contributed by atoms with Crippen molar-refractivity contribution in [3.63, 3.8) is 0 Å². The molecule has 0 spiro atoms. The van der Waals surface area contributed by atoms with Crippen molar-refractivity contribution in [3.8, 4) is 0 Å². The van der Waals surface area contributed by atoms with Gasteiger partial charge in [-0.2, -0.15) is 0 Å². The van der Waals surface area contributed by atoms with Crippen LogP contribution in [0.25, 0.3) is 0 Å². The van der Waals surface area contributed by atoms with E-state index in [1.807, 2.05) is 0 Å². The van der Waals surface area contributed by atoms with E-state index in [-0.39, 0.29) is 5.69 Å². The monoisotopic (exact) mass is 355 g/mol. The number of hydrogen-bond acceptors (Lipinski definition) is 5. The van der Waals surface area contributed by atoms with Gasteiger partial charge in [0.15, 0.2) is 0 Å². The quantitative estimate of drug-likeness (QED) is 0.834. The minimum absolute atomic E-state index is 0.0556. The van der Waals surface area contributed by atoms with Crippen molar-refractivity contribution in [2.24, 2.45) is 5.73 Å². The molecule has 2 heterocycles. The summed E-state index contributed by atoms with van der Waals surface area (Å²) in [5.41, 5.74) is 4.18. The fraction of sp³-hybridized carbons (Fsp3) is 0.500. The van der Waals surface area contributed by atoms with E-state index in [0.29, 0.717) is 13.0 Å². The van der Waals surface area contributed by atoms with Crippen molar-refractivity contribution in [3.05, 3.63) is 29.8 Å². The molecule has 0 radical (unpaired) electrons. The number of carboxylic acid groups (broad SMARTS) is 1. The van der Waals surface area contributed by atoms with Crippen LogP contribution in [0.3, 0.4) is 0 Å². The van der Waals surface area contributed by atoms with E-state index in [4.69, 9.17) is 15.6 Å². The molecule has 3 N–H and O–H groups in total. The van der Waals surface area contributed by atoms with E-state index in [9.17, 15) is 18.8 Å². The van der Waals surface area contributed by atoms with Gasteiger partial charge in [-0.15, -0.1) is 0 Å². The molecule has 0 aromatic carbocycles. The molecule has 0 unspecified atom stereocenters. The normalized spacial score (nSPS) is 16.6. The largest absolute Gasteiger partial charge is 0.480 e. The topological polar surface area (TPSA) is 123 Å². The first-order chi connectivity index (χ1) is 11.5. The van der Waals surface area contributed by atoms with E-state index >= 15 is 0 Å². The number of primary amides is 1. The molecule has 1 fully saturated rings. The predicted molar refractivity (Wildman–Crippen MR) is 86.3 cm³/mol. The van der Waals surface area contributed by atoms with Crippen LogP contribution in [0.1, 0.15) is 44.1 Å². The lowest BCUT2D eigenvalue weighted by Gasteiger charge is -2.26. The van der Waals surface area contributed by atoms with Gasteiger partial charge in [-0.25, -0.2) is 14.0 Å². The van der Waals surface area contributed by atoms with Gasteiger partial charge in [0.05, 0.1) is 0 Å². The summed E-state index contributed by atoms with van der Waals surface area (Å²) in [5.74, 6) is -2.19. The van der Waals surface area contributed by atoms with Crippen molar-refractivity contribution >= 4 is 18.0 Å². The minimum Gasteiger partial charge on any atom is -0.480 e.